The van der Waals surface area contributed by atoms with Crippen LogP contribution in [0.1, 0.15) is 35.8 Å². The second kappa shape index (κ2) is 7.36. The van der Waals surface area contributed by atoms with Crippen LogP contribution in [0.3, 0.4) is 0 Å². The van der Waals surface area contributed by atoms with Crippen molar-refractivity contribution in [1.82, 2.24) is 9.88 Å². The fraction of sp³-hybridized carbons (Fsp3) is 0.421. The van der Waals surface area contributed by atoms with Crippen molar-refractivity contribution in [3.63, 3.8) is 0 Å². The number of ether oxygens (including phenoxy) is 1. The molecule has 3 rings (SSSR count). The Kier molecular flexibility index (Phi) is 5.21. The van der Waals surface area contributed by atoms with Gasteiger partial charge in [0.25, 0.3) is 0 Å². The zero-order chi connectivity index (χ0) is 17.1. The molecule has 1 aliphatic rings. The van der Waals surface area contributed by atoms with Crippen molar-refractivity contribution in [3.8, 4) is 0 Å². The number of pyridine rings is 1. The lowest BCUT2D eigenvalue weighted by atomic mass is 10.0. The normalized spacial score (nSPS) is 17.8. The number of hydrogen-bond acceptors (Lipinski definition) is 3. The van der Waals surface area contributed by atoms with E-state index in [9.17, 15) is 8.78 Å². The summed E-state index contributed by atoms with van der Waals surface area (Å²) in [7, 11) is 2.08. The SMILES string of the molecule is Cc1ccc([C@H](OC2CCN(C)CC2)c2ccc(F)cn2)c(F)c1. The first-order valence-corrected chi connectivity index (χ1v) is 8.24. The molecule has 0 unspecified atom stereocenters. The number of nitrogens with zero attached hydrogens (tertiary/aromatic N) is 2. The Balaban J connectivity index is 1.89. The maximum atomic E-state index is 14.5. The number of piperidine rings is 1. The summed E-state index contributed by atoms with van der Waals surface area (Å²) in [5, 5.41) is 0. The fourth-order valence-corrected chi connectivity index (χ4v) is 3.00. The van der Waals surface area contributed by atoms with Crippen LogP contribution >= 0.6 is 0 Å². The Morgan fingerprint density at radius 1 is 1.17 bits per heavy atom. The molecule has 5 heteroatoms. The molecule has 1 aromatic carbocycles. The lowest BCUT2D eigenvalue weighted by Gasteiger charge is -2.32. The molecule has 128 valence electrons. The Morgan fingerprint density at radius 3 is 2.54 bits per heavy atom. The topological polar surface area (TPSA) is 25.4 Å². The Morgan fingerprint density at radius 2 is 1.92 bits per heavy atom. The van der Waals surface area contributed by atoms with Gasteiger partial charge in [0.2, 0.25) is 0 Å². The van der Waals surface area contributed by atoms with E-state index in [1.165, 1.54) is 12.1 Å². The van der Waals surface area contributed by atoms with Gasteiger partial charge in [-0.15, -0.1) is 0 Å². The second-order valence-electron chi connectivity index (χ2n) is 6.45. The molecule has 0 bridgehead atoms. The van der Waals surface area contributed by atoms with Crippen LogP contribution in [-0.4, -0.2) is 36.1 Å². The van der Waals surface area contributed by atoms with Gasteiger partial charge in [0.1, 0.15) is 17.7 Å². The fourth-order valence-electron chi connectivity index (χ4n) is 3.00. The standard InChI is InChI=1S/C19H22F2N2O/c1-13-3-5-16(17(21)11-13)19(18-6-4-14(20)12-22-18)24-15-7-9-23(2)10-8-15/h3-6,11-12,15,19H,7-10H2,1-2H3/t19-/m0/s1. The number of aryl methyl sites for hydroxylation is 1. The van der Waals surface area contributed by atoms with Gasteiger partial charge in [0, 0.05) is 18.7 Å². The van der Waals surface area contributed by atoms with Crippen LogP contribution in [0.5, 0.6) is 0 Å². The molecule has 0 amide bonds. The summed E-state index contributed by atoms with van der Waals surface area (Å²) in [6.07, 6.45) is 2.34. The maximum Gasteiger partial charge on any atom is 0.141 e. The first kappa shape index (κ1) is 17.0. The highest BCUT2D eigenvalue weighted by Crippen LogP contribution is 2.31. The summed E-state index contributed by atoms with van der Waals surface area (Å²) in [6.45, 7) is 3.74. The van der Waals surface area contributed by atoms with E-state index in [0.717, 1.165) is 37.7 Å². The zero-order valence-electron chi connectivity index (χ0n) is 14.0. The molecule has 2 aromatic rings. The number of benzene rings is 1. The number of aromatic nitrogens is 1. The molecule has 0 N–H and O–H groups in total. The first-order valence-electron chi connectivity index (χ1n) is 8.24. The van der Waals surface area contributed by atoms with E-state index < -0.39 is 11.9 Å². The van der Waals surface area contributed by atoms with E-state index in [0.29, 0.717) is 11.3 Å². The van der Waals surface area contributed by atoms with Crippen molar-refractivity contribution in [2.24, 2.45) is 0 Å². The summed E-state index contributed by atoms with van der Waals surface area (Å²) in [4.78, 5) is 6.37. The summed E-state index contributed by atoms with van der Waals surface area (Å²) in [5.74, 6) is -0.736. The van der Waals surface area contributed by atoms with Crippen molar-refractivity contribution in [1.29, 1.82) is 0 Å². The molecular weight excluding hydrogens is 310 g/mol. The van der Waals surface area contributed by atoms with Gasteiger partial charge in [-0.3, -0.25) is 4.98 Å². The van der Waals surface area contributed by atoms with Gasteiger partial charge in [-0.1, -0.05) is 12.1 Å². The minimum absolute atomic E-state index is 0.0405. The van der Waals surface area contributed by atoms with Gasteiger partial charge in [-0.2, -0.15) is 0 Å². The smallest absolute Gasteiger partial charge is 0.141 e. The third-order valence-electron chi connectivity index (χ3n) is 4.45. The molecule has 0 spiro atoms. The first-order chi connectivity index (χ1) is 11.5. The van der Waals surface area contributed by atoms with E-state index in [1.807, 2.05) is 13.0 Å². The van der Waals surface area contributed by atoms with Crippen LogP contribution in [0.25, 0.3) is 0 Å². The molecule has 0 aliphatic carbocycles. The molecule has 1 saturated heterocycles. The van der Waals surface area contributed by atoms with E-state index in [-0.39, 0.29) is 11.9 Å². The van der Waals surface area contributed by atoms with E-state index in [4.69, 9.17) is 4.74 Å². The molecule has 24 heavy (non-hydrogen) atoms. The van der Waals surface area contributed by atoms with Crippen molar-refractivity contribution >= 4 is 0 Å². The van der Waals surface area contributed by atoms with Crippen molar-refractivity contribution in [2.45, 2.75) is 32.0 Å². The number of halogens is 2. The molecule has 0 saturated carbocycles. The lowest BCUT2D eigenvalue weighted by molar-refractivity contribution is -0.0263. The van der Waals surface area contributed by atoms with Gasteiger partial charge >= 0.3 is 0 Å². The predicted molar refractivity (Wildman–Crippen MR) is 88.8 cm³/mol. The van der Waals surface area contributed by atoms with Gasteiger partial charge in [0.05, 0.1) is 18.0 Å². The van der Waals surface area contributed by atoms with Gasteiger partial charge in [-0.25, -0.2) is 8.78 Å². The molecular formula is C19H22F2N2O. The minimum Gasteiger partial charge on any atom is -0.364 e. The largest absolute Gasteiger partial charge is 0.364 e. The number of hydrogen-bond donors (Lipinski definition) is 0. The van der Waals surface area contributed by atoms with Crippen molar-refractivity contribution in [3.05, 3.63) is 65.0 Å². The minimum atomic E-state index is -0.625. The highest BCUT2D eigenvalue weighted by molar-refractivity contribution is 5.30. The Bertz CT molecular complexity index is 682. The molecule has 3 nitrogen and oxygen atoms in total. The van der Waals surface area contributed by atoms with Crippen molar-refractivity contribution in [2.75, 3.05) is 20.1 Å². The highest BCUT2D eigenvalue weighted by Gasteiger charge is 2.26. The monoisotopic (exact) mass is 332 g/mol. The average molecular weight is 332 g/mol. The quantitative estimate of drug-likeness (QED) is 0.850. The van der Waals surface area contributed by atoms with E-state index >= 15 is 0 Å². The average Bonchev–Trinajstić information content (AvgIpc) is 2.56. The van der Waals surface area contributed by atoms with E-state index in [2.05, 4.69) is 16.9 Å². The number of rotatable bonds is 4. The Labute approximate surface area is 141 Å². The van der Waals surface area contributed by atoms with Gasteiger partial charge in [-0.05, 0) is 50.6 Å². The third kappa shape index (κ3) is 3.97. The third-order valence-corrected chi connectivity index (χ3v) is 4.45. The van der Waals surface area contributed by atoms with Crippen LogP contribution in [0.2, 0.25) is 0 Å². The summed E-state index contributed by atoms with van der Waals surface area (Å²) in [5.41, 5.74) is 1.82. The predicted octanol–water partition coefficient (Wildman–Crippen LogP) is 3.87. The Hall–Kier alpha value is -1.85. The van der Waals surface area contributed by atoms with Crippen LogP contribution < -0.4 is 0 Å². The van der Waals surface area contributed by atoms with Crippen LogP contribution in [-0.2, 0) is 4.74 Å². The molecule has 1 aromatic heterocycles. The van der Waals surface area contributed by atoms with Crippen LogP contribution in [0, 0.1) is 18.6 Å². The molecule has 2 heterocycles. The van der Waals surface area contributed by atoms with Gasteiger partial charge in [0.15, 0.2) is 0 Å². The van der Waals surface area contributed by atoms with Crippen LogP contribution in [0.15, 0.2) is 36.5 Å². The molecule has 1 fully saturated rings. The molecule has 1 aliphatic heterocycles. The lowest BCUT2D eigenvalue weighted by Crippen LogP contribution is -2.35. The highest BCUT2D eigenvalue weighted by atomic mass is 19.1. The second-order valence-corrected chi connectivity index (χ2v) is 6.45. The van der Waals surface area contributed by atoms with Crippen molar-refractivity contribution < 1.29 is 13.5 Å². The van der Waals surface area contributed by atoms with E-state index in [1.54, 1.807) is 12.1 Å². The summed E-state index contributed by atoms with van der Waals surface area (Å²) < 4.78 is 33.9. The molecule has 0 radical (unpaired) electrons. The number of likely N-dealkylation sites (tertiary alicyclic amines) is 1. The van der Waals surface area contributed by atoms with Gasteiger partial charge < -0.3 is 9.64 Å². The zero-order valence-corrected chi connectivity index (χ0v) is 14.0. The summed E-state index contributed by atoms with van der Waals surface area (Å²) in [6, 6.07) is 7.97. The summed E-state index contributed by atoms with van der Waals surface area (Å²) >= 11 is 0. The molecule has 1 atom stereocenters. The maximum absolute atomic E-state index is 14.5. The van der Waals surface area contributed by atoms with Crippen LogP contribution in [0.4, 0.5) is 8.78 Å².